The van der Waals surface area contributed by atoms with Gasteiger partial charge in [0.2, 0.25) is 0 Å². The third kappa shape index (κ3) is 7.79. The van der Waals surface area contributed by atoms with Crippen molar-refractivity contribution in [3.8, 4) is 0 Å². The van der Waals surface area contributed by atoms with Gasteiger partial charge in [0.25, 0.3) is 0 Å². The normalized spacial score (nSPS) is 16.4. The minimum Gasteiger partial charge on any atom is -0.356 e. The maximum atomic E-state index is 4.49. The molecule has 0 amide bonds. The highest BCUT2D eigenvalue weighted by molar-refractivity contribution is 14.0. The zero-order valence-corrected chi connectivity index (χ0v) is 19.1. The second-order valence-electron chi connectivity index (χ2n) is 6.71. The number of likely N-dealkylation sites (N-methyl/N-ethyl adjacent to an activating group) is 1. The minimum absolute atomic E-state index is 0. The molecule has 1 fully saturated rings. The number of guanidine groups is 1. The Labute approximate surface area is 175 Å². The third-order valence-electron chi connectivity index (χ3n) is 4.80. The van der Waals surface area contributed by atoms with Crippen LogP contribution in [0.1, 0.15) is 24.7 Å². The average molecular weight is 477 g/mol. The lowest BCUT2D eigenvalue weighted by Gasteiger charge is -2.34. The third-order valence-corrected chi connectivity index (χ3v) is 4.80. The number of nitrogens with one attached hydrogen (secondary N) is 2. The monoisotopic (exact) mass is 477 g/mol. The molecule has 1 aliphatic heterocycles. The quantitative estimate of drug-likeness (QED) is 0.256. The fourth-order valence-electron chi connectivity index (χ4n) is 3.22. The summed E-state index contributed by atoms with van der Waals surface area (Å²) in [6, 6.07) is 2.12. The van der Waals surface area contributed by atoms with Crippen LogP contribution in [0.5, 0.6) is 0 Å². The Morgan fingerprint density at radius 3 is 2.31 bits per heavy atom. The first-order chi connectivity index (χ1) is 12.1. The molecule has 7 nitrogen and oxygen atoms in total. The van der Waals surface area contributed by atoms with E-state index >= 15 is 0 Å². The number of hydrogen-bond acceptors (Lipinski definition) is 4. The van der Waals surface area contributed by atoms with Gasteiger partial charge < -0.3 is 15.5 Å². The van der Waals surface area contributed by atoms with Crippen LogP contribution >= 0.6 is 24.0 Å². The van der Waals surface area contributed by atoms with Gasteiger partial charge in [0.1, 0.15) is 0 Å². The molecule has 0 spiro atoms. The largest absolute Gasteiger partial charge is 0.356 e. The van der Waals surface area contributed by atoms with Gasteiger partial charge in [0, 0.05) is 65.1 Å². The van der Waals surface area contributed by atoms with Crippen molar-refractivity contribution < 1.29 is 0 Å². The standard InChI is InChI=1S/C18H35N7.HI/c1-5-23-11-13-24(14-12-23)10-8-21-18(19-4)20-7-6-9-25-17(3)15-16(2)22-25;/h15H,5-14H2,1-4H3,(H2,19,20,21);1H. The first kappa shape index (κ1) is 23.2. The predicted molar refractivity (Wildman–Crippen MR) is 120 cm³/mol. The second kappa shape index (κ2) is 12.5. The van der Waals surface area contributed by atoms with Gasteiger partial charge in [-0.3, -0.25) is 14.6 Å². The van der Waals surface area contributed by atoms with E-state index in [-0.39, 0.29) is 24.0 Å². The summed E-state index contributed by atoms with van der Waals surface area (Å²) >= 11 is 0. The summed E-state index contributed by atoms with van der Waals surface area (Å²) in [6.45, 7) is 16.1. The molecule has 1 aromatic heterocycles. The molecule has 150 valence electrons. The van der Waals surface area contributed by atoms with Crippen LogP contribution in [0.2, 0.25) is 0 Å². The Kier molecular flexibility index (Phi) is 11.1. The average Bonchev–Trinajstić information content (AvgIpc) is 2.95. The summed E-state index contributed by atoms with van der Waals surface area (Å²) in [5.74, 6) is 0.889. The molecule has 0 bridgehead atoms. The molecule has 1 aromatic rings. The van der Waals surface area contributed by atoms with Crippen molar-refractivity contribution in [2.75, 3.05) is 59.4 Å². The molecule has 0 saturated carbocycles. The highest BCUT2D eigenvalue weighted by Gasteiger charge is 2.14. The van der Waals surface area contributed by atoms with Gasteiger partial charge in [0.05, 0.1) is 5.69 Å². The highest BCUT2D eigenvalue weighted by Crippen LogP contribution is 2.02. The van der Waals surface area contributed by atoms with Crippen LogP contribution in [0.15, 0.2) is 11.1 Å². The molecule has 1 saturated heterocycles. The van der Waals surface area contributed by atoms with E-state index in [0.717, 1.165) is 44.3 Å². The lowest BCUT2D eigenvalue weighted by molar-refractivity contribution is 0.139. The van der Waals surface area contributed by atoms with Crippen molar-refractivity contribution in [2.24, 2.45) is 4.99 Å². The molecule has 0 radical (unpaired) electrons. The van der Waals surface area contributed by atoms with Crippen molar-refractivity contribution in [1.29, 1.82) is 0 Å². The molecule has 2 heterocycles. The smallest absolute Gasteiger partial charge is 0.191 e. The van der Waals surface area contributed by atoms with E-state index in [1.165, 1.54) is 38.4 Å². The Balaban J connectivity index is 0.00000338. The number of hydrogen-bond donors (Lipinski definition) is 2. The Hall–Kier alpha value is -0.870. The van der Waals surface area contributed by atoms with Gasteiger partial charge in [0.15, 0.2) is 5.96 Å². The number of piperazine rings is 1. The highest BCUT2D eigenvalue weighted by atomic mass is 127. The summed E-state index contributed by atoms with van der Waals surface area (Å²) in [6.07, 6.45) is 1.03. The Morgan fingerprint density at radius 1 is 1.08 bits per heavy atom. The topological polar surface area (TPSA) is 60.7 Å². The van der Waals surface area contributed by atoms with Crippen LogP contribution in [0.3, 0.4) is 0 Å². The summed E-state index contributed by atoms with van der Waals surface area (Å²) in [4.78, 5) is 9.34. The maximum Gasteiger partial charge on any atom is 0.191 e. The lowest BCUT2D eigenvalue weighted by atomic mass is 10.3. The molecule has 2 rings (SSSR count). The fraction of sp³-hybridized carbons (Fsp3) is 0.778. The SMILES string of the molecule is CCN1CCN(CCNC(=NC)NCCCn2nc(C)cc2C)CC1.I. The maximum absolute atomic E-state index is 4.49. The van der Waals surface area contributed by atoms with Crippen molar-refractivity contribution in [3.05, 3.63) is 17.5 Å². The van der Waals surface area contributed by atoms with E-state index in [1.54, 1.807) is 0 Å². The molecule has 0 aromatic carbocycles. The van der Waals surface area contributed by atoms with Crippen LogP contribution in [0.4, 0.5) is 0 Å². The van der Waals surface area contributed by atoms with Gasteiger partial charge in [-0.25, -0.2) is 0 Å². The van der Waals surface area contributed by atoms with Gasteiger partial charge in [-0.15, -0.1) is 24.0 Å². The molecule has 2 N–H and O–H groups in total. The number of halogens is 1. The number of rotatable bonds is 8. The van der Waals surface area contributed by atoms with Gasteiger partial charge in [-0.05, 0) is 32.9 Å². The molecule has 0 unspecified atom stereocenters. The minimum atomic E-state index is 0. The number of aromatic nitrogens is 2. The first-order valence-electron chi connectivity index (χ1n) is 9.52. The fourth-order valence-corrected chi connectivity index (χ4v) is 3.22. The Bertz CT molecular complexity index is 536. The summed E-state index contributed by atoms with van der Waals surface area (Å²) in [5.41, 5.74) is 2.31. The molecule has 0 aliphatic carbocycles. The molecule has 0 atom stereocenters. The van der Waals surface area contributed by atoms with Gasteiger partial charge in [-0.1, -0.05) is 6.92 Å². The summed E-state index contributed by atoms with van der Waals surface area (Å²) < 4.78 is 2.07. The van der Waals surface area contributed by atoms with E-state index in [1.807, 2.05) is 14.0 Å². The van der Waals surface area contributed by atoms with E-state index in [9.17, 15) is 0 Å². The molecule has 26 heavy (non-hydrogen) atoms. The van der Waals surface area contributed by atoms with E-state index in [0.29, 0.717) is 0 Å². The van der Waals surface area contributed by atoms with Crippen molar-refractivity contribution in [2.45, 2.75) is 33.7 Å². The van der Waals surface area contributed by atoms with Gasteiger partial charge in [-0.2, -0.15) is 5.10 Å². The van der Waals surface area contributed by atoms with Crippen molar-refractivity contribution >= 4 is 29.9 Å². The lowest BCUT2D eigenvalue weighted by Crippen LogP contribution is -2.49. The molecular formula is C18H36IN7. The van der Waals surface area contributed by atoms with Crippen LogP contribution in [-0.2, 0) is 6.54 Å². The van der Waals surface area contributed by atoms with Crippen LogP contribution in [0, 0.1) is 13.8 Å². The van der Waals surface area contributed by atoms with Crippen LogP contribution in [0.25, 0.3) is 0 Å². The number of nitrogens with zero attached hydrogens (tertiary/aromatic N) is 5. The summed E-state index contributed by atoms with van der Waals surface area (Å²) in [7, 11) is 1.83. The van der Waals surface area contributed by atoms with Crippen molar-refractivity contribution in [1.82, 2.24) is 30.2 Å². The summed E-state index contributed by atoms with van der Waals surface area (Å²) in [5, 5.41) is 11.3. The predicted octanol–water partition coefficient (Wildman–Crippen LogP) is 1.31. The van der Waals surface area contributed by atoms with E-state index in [2.05, 4.69) is 55.1 Å². The Morgan fingerprint density at radius 2 is 1.73 bits per heavy atom. The zero-order valence-electron chi connectivity index (χ0n) is 16.8. The number of aliphatic imine (C=N–C) groups is 1. The van der Waals surface area contributed by atoms with Crippen molar-refractivity contribution in [3.63, 3.8) is 0 Å². The van der Waals surface area contributed by atoms with E-state index < -0.39 is 0 Å². The molecule has 1 aliphatic rings. The number of aryl methyl sites for hydroxylation is 3. The molecular weight excluding hydrogens is 441 g/mol. The zero-order chi connectivity index (χ0) is 18.1. The second-order valence-corrected chi connectivity index (χ2v) is 6.71. The molecule has 8 heteroatoms. The van der Waals surface area contributed by atoms with Crippen LogP contribution in [-0.4, -0.2) is 84.9 Å². The van der Waals surface area contributed by atoms with Gasteiger partial charge >= 0.3 is 0 Å². The van der Waals surface area contributed by atoms with Crippen LogP contribution < -0.4 is 10.6 Å². The van der Waals surface area contributed by atoms with E-state index in [4.69, 9.17) is 0 Å². The first-order valence-corrected chi connectivity index (χ1v) is 9.52.